The molecule has 2 heteroatoms. The second kappa shape index (κ2) is 5.54. The topological polar surface area (TPSA) is 26.3 Å². The fourth-order valence-corrected chi connectivity index (χ4v) is 5.52. The summed E-state index contributed by atoms with van der Waals surface area (Å²) >= 11 is 0. The van der Waals surface area contributed by atoms with E-state index >= 15 is 0 Å². The molecule has 2 fully saturated rings. The Hall–Kier alpha value is -1.05. The molecule has 0 aromatic rings. The van der Waals surface area contributed by atoms with Crippen molar-refractivity contribution in [3.05, 3.63) is 23.3 Å². The van der Waals surface area contributed by atoms with E-state index in [4.69, 9.17) is 4.74 Å². The highest BCUT2D eigenvalue weighted by atomic mass is 16.5. The van der Waals surface area contributed by atoms with Gasteiger partial charge in [-0.2, -0.15) is 0 Å². The molecule has 0 amide bonds. The molecule has 0 aromatic heterocycles. The number of carbonyl (C=O) groups excluding carboxylic acids is 1. The minimum atomic E-state index is 0.0343. The van der Waals surface area contributed by atoms with Crippen molar-refractivity contribution in [2.75, 3.05) is 6.61 Å². The summed E-state index contributed by atoms with van der Waals surface area (Å²) in [5, 5.41) is 0. The van der Waals surface area contributed by atoms with Crippen LogP contribution in [0.15, 0.2) is 23.3 Å². The van der Waals surface area contributed by atoms with Gasteiger partial charge in [0.25, 0.3) is 0 Å². The van der Waals surface area contributed by atoms with E-state index < -0.39 is 0 Å². The summed E-state index contributed by atoms with van der Waals surface area (Å²) < 4.78 is 5.38. The molecule has 4 atom stereocenters. The molecule has 0 unspecified atom stereocenters. The molecular weight excluding hydrogens is 272 g/mol. The first kappa shape index (κ1) is 15.8. The molecular formula is C20H30O2. The minimum absolute atomic E-state index is 0.0343. The first-order valence-corrected chi connectivity index (χ1v) is 8.86. The molecule has 122 valence electrons. The van der Waals surface area contributed by atoms with Gasteiger partial charge in [0.1, 0.15) is 6.61 Å². The van der Waals surface area contributed by atoms with Crippen LogP contribution < -0.4 is 0 Å². The molecule has 1 saturated carbocycles. The predicted octanol–water partition coefficient (Wildman–Crippen LogP) is 5.05. The van der Waals surface area contributed by atoms with Gasteiger partial charge in [-0.1, -0.05) is 38.0 Å². The van der Waals surface area contributed by atoms with Crippen LogP contribution in [0, 0.1) is 22.7 Å². The Labute approximate surface area is 135 Å². The number of esters is 1. The Morgan fingerprint density at radius 3 is 2.86 bits per heavy atom. The fourth-order valence-electron chi connectivity index (χ4n) is 5.52. The first-order chi connectivity index (χ1) is 10.4. The molecule has 0 bridgehead atoms. The zero-order chi connectivity index (χ0) is 16.0. The summed E-state index contributed by atoms with van der Waals surface area (Å²) in [5.41, 5.74) is 3.13. The lowest BCUT2D eigenvalue weighted by molar-refractivity contribution is -0.149. The standard InChI is InChI=1S/C20H30O2/c1-14(2)7-5-10-19(3)11-6-12-20(4)16(19)9-8-15-13-22-18(21)17(15)20/h7-8,16-17H,5-6,9-13H2,1-4H3/t16-,17+,19+,20-/m0/s1. The molecule has 3 aliphatic rings. The minimum Gasteiger partial charge on any atom is -0.461 e. The maximum Gasteiger partial charge on any atom is 0.314 e. The van der Waals surface area contributed by atoms with E-state index in [2.05, 4.69) is 39.8 Å². The van der Waals surface area contributed by atoms with Crippen molar-refractivity contribution < 1.29 is 9.53 Å². The van der Waals surface area contributed by atoms with Crippen LogP contribution >= 0.6 is 0 Å². The maximum atomic E-state index is 12.3. The van der Waals surface area contributed by atoms with Gasteiger partial charge in [-0.3, -0.25) is 4.79 Å². The molecule has 1 saturated heterocycles. The third kappa shape index (κ3) is 2.45. The van der Waals surface area contributed by atoms with Crippen LogP contribution in [0.3, 0.4) is 0 Å². The van der Waals surface area contributed by atoms with Crippen LogP contribution in [-0.4, -0.2) is 12.6 Å². The summed E-state index contributed by atoms with van der Waals surface area (Å²) in [4.78, 5) is 12.3. The number of cyclic esters (lactones) is 1. The molecule has 2 aliphatic carbocycles. The number of rotatable bonds is 3. The Morgan fingerprint density at radius 2 is 2.14 bits per heavy atom. The summed E-state index contributed by atoms with van der Waals surface area (Å²) in [7, 11) is 0. The van der Waals surface area contributed by atoms with Crippen LogP contribution in [0.4, 0.5) is 0 Å². The van der Waals surface area contributed by atoms with E-state index in [-0.39, 0.29) is 17.3 Å². The van der Waals surface area contributed by atoms with Crippen LogP contribution in [0.5, 0.6) is 0 Å². The van der Waals surface area contributed by atoms with Gasteiger partial charge in [-0.25, -0.2) is 0 Å². The summed E-state index contributed by atoms with van der Waals surface area (Å²) in [6.07, 6.45) is 11.9. The smallest absolute Gasteiger partial charge is 0.314 e. The average Bonchev–Trinajstić information content (AvgIpc) is 2.81. The van der Waals surface area contributed by atoms with E-state index in [1.807, 2.05) is 0 Å². The lowest BCUT2D eigenvalue weighted by Crippen LogP contribution is -2.50. The van der Waals surface area contributed by atoms with E-state index in [0.717, 1.165) is 12.8 Å². The van der Waals surface area contributed by atoms with Crippen molar-refractivity contribution in [1.82, 2.24) is 0 Å². The van der Waals surface area contributed by atoms with Gasteiger partial charge in [-0.15, -0.1) is 0 Å². The molecule has 0 N–H and O–H groups in total. The zero-order valence-corrected chi connectivity index (χ0v) is 14.6. The van der Waals surface area contributed by atoms with Crippen molar-refractivity contribution in [3.63, 3.8) is 0 Å². The predicted molar refractivity (Wildman–Crippen MR) is 89.4 cm³/mol. The monoisotopic (exact) mass is 302 g/mol. The first-order valence-electron chi connectivity index (χ1n) is 8.86. The van der Waals surface area contributed by atoms with Crippen molar-refractivity contribution in [1.29, 1.82) is 0 Å². The van der Waals surface area contributed by atoms with Crippen molar-refractivity contribution >= 4 is 5.97 Å². The normalized spacial score (nSPS) is 40.4. The molecule has 1 heterocycles. The third-order valence-corrected chi connectivity index (χ3v) is 6.63. The highest BCUT2D eigenvalue weighted by Crippen LogP contribution is 2.62. The fraction of sp³-hybridized carbons (Fsp3) is 0.750. The lowest BCUT2D eigenvalue weighted by Gasteiger charge is -2.56. The Balaban J connectivity index is 1.87. The van der Waals surface area contributed by atoms with Gasteiger partial charge < -0.3 is 4.74 Å². The maximum absolute atomic E-state index is 12.3. The number of ether oxygens (including phenoxy) is 1. The van der Waals surface area contributed by atoms with Crippen molar-refractivity contribution in [2.45, 2.75) is 66.2 Å². The Morgan fingerprint density at radius 1 is 1.36 bits per heavy atom. The van der Waals surface area contributed by atoms with Gasteiger partial charge in [-0.05, 0) is 68.3 Å². The summed E-state index contributed by atoms with van der Waals surface area (Å²) in [6, 6.07) is 0. The highest BCUT2D eigenvalue weighted by Gasteiger charge is 2.58. The van der Waals surface area contributed by atoms with Crippen LogP contribution in [0.2, 0.25) is 0 Å². The third-order valence-electron chi connectivity index (χ3n) is 6.63. The lowest BCUT2D eigenvalue weighted by atomic mass is 9.47. The number of carbonyl (C=O) groups is 1. The van der Waals surface area contributed by atoms with E-state index in [9.17, 15) is 4.79 Å². The summed E-state index contributed by atoms with van der Waals surface area (Å²) in [5.74, 6) is 0.681. The number of hydrogen-bond acceptors (Lipinski definition) is 2. The van der Waals surface area contributed by atoms with Crippen molar-refractivity contribution in [3.8, 4) is 0 Å². The van der Waals surface area contributed by atoms with Gasteiger partial charge in [0.2, 0.25) is 0 Å². The summed E-state index contributed by atoms with van der Waals surface area (Å²) in [6.45, 7) is 9.72. The second-order valence-electron chi connectivity index (χ2n) is 8.44. The molecule has 0 spiro atoms. The molecule has 2 nitrogen and oxygen atoms in total. The molecule has 1 aliphatic heterocycles. The number of fused-ring (bicyclic) bond motifs is 3. The molecule has 22 heavy (non-hydrogen) atoms. The second-order valence-corrected chi connectivity index (χ2v) is 8.44. The van der Waals surface area contributed by atoms with E-state index in [0.29, 0.717) is 17.9 Å². The zero-order valence-electron chi connectivity index (χ0n) is 14.6. The number of hydrogen-bond donors (Lipinski definition) is 0. The quantitative estimate of drug-likeness (QED) is 0.539. The molecule has 0 radical (unpaired) electrons. The van der Waals surface area contributed by atoms with E-state index in [1.165, 1.54) is 36.8 Å². The van der Waals surface area contributed by atoms with Gasteiger partial charge in [0.05, 0.1) is 5.92 Å². The van der Waals surface area contributed by atoms with E-state index in [1.54, 1.807) is 0 Å². The number of allylic oxidation sites excluding steroid dienone is 3. The Kier molecular flexibility index (Phi) is 3.99. The van der Waals surface area contributed by atoms with Crippen LogP contribution in [-0.2, 0) is 9.53 Å². The highest BCUT2D eigenvalue weighted by molar-refractivity contribution is 5.80. The van der Waals surface area contributed by atoms with Crippen LogP contribution in [0.25, 0.3) is 0 Å². The van der Waals surface area contributed by atoms with Gasteiger partial charge in [0, 0.05) is 0 Å². The van der Waals surface area contributed by atoms with Crippen molar-refractivity contribution in [2.24, 2.45) is 22.7 Å². The van der Waals surface area contributed by atoms with Gasteiger partial charge in [0.15, 0.2) is 0 Å². The van der Waals surface area contributed by atoms with Gasteiger partial charge >= 0.3 is 5.97 Å². The largest absolute Gasteiger partial charge is 0.461 e. The SMILES string of the molecule is CC(C)=CCC[C@]1(C)CCC[C@]2(C)[C@H]3C(=O)OCC3=CC[C@@H]12. The Bertz CT molecular complexity index is 526. The molecule has 0 aromatic carbocycles. The van der Waals surface area contributed by atoms with Crippen LogP contribution in [0.1, 0.15) is 66.2 Å². The molecule has 3 rings (SSSR count). The average molecular weight is 302 g/mol.